The molecule has 4 aromatic rings. The van der Waals surface area contributed by atoms with E-state index < -0.39 is 23.4 Å². The van der Waals surface area contributed by atoms with Crippen LogP contribution in [-0.4, -0.2) is 30.4 Å². The summed E-state index contributed by atoms with van der Waals surface area (Å²) >= 11 is 0. The molecule has 0 saturated carbocycles. The van der Waals surface area contributed by atoms with Crippen molar-refractivity contribution in [3.05, 3.63) is 42.0 Å². The molecule has 27 heavy (non-hydrogen) atoms. The van der Waals surface area contributed by atoms with E-state index in [4.69, 9.17) is 0 Å². The minimum atomic E-state index is -3.22. The normalized spacial score (nSPS) is 11.5. The number of H-pyrrole nitrogens is 3. The second kappa shape index (κ2) is 6.86. The van der Waals surface area contributed by atoms with Crippen LogP contribution in [0.3, 0.4) is 0 Å². The van der Waals surface area contributed by atoms with Crippen LogP contribution in [-0.2, 0) is 5.92 Å². The van der Waals surface area contributed by atoms with E-state index in [9.17, 15) is 17.6 Å². The average Bonchev–Trinajstić information content (AvgIpc) is 3.37. The first-order valence-electron chi connectivity index (χ1n) is 8.16. The Morgan fingerprint density at radius 2 is 1.85 bits per heavy atom. The molecule has 0 aliphatic rings. The SMILES string of the molecule is CC.CC(F)(F)c1nc(-c2[nH]c3c(F)c(F)ccc3c2-c2cn[nH]c2)n[nH]1. The lowest BCUT2D eigenvalue weighted by Crippen LogP contribution is -2.09. The standard InChI is InChI=1S/C15H10F4N6.C2H6/c1-15(18,19)14-23-13(24-25-14)12-9(6-4-20-21-5-6)7-2-3-8(16)10(17)11(7)22-12;1-2/h2-5,22H,1H3,(H,20,21)(H,23,24,25);1-2H3. The van der Waals surface area contributed by atoms with Gasteiger partial charge < -0.3 is 4.98 Å². The van der Waals surface area contributed by atoms with Gasteiger partial charge in [-0.25, -0.2) is 13.8 Å². The maximum absolute atomic E-state index is 14.1. The Hall–Kier alpha value is -3.17. The highest BCUT2D eigenvalue weighted by Gasteiger charge is 2.30. The number of halogens is 4. The number of aromatic nitrogens is 6. The van der Waals surface area contributed by atoms with Crippen LogP contribution in [0.25, 0.3) is 33.5 Å². The first-order chi connectivity index (χ1) is 12.9. The van der Waals surface area contributed by atoms with Crippen molar-refractivity contribution in [2.45, 2.75) is 26.7 Å². The van der Waals surface area contributed by atoms with Gasteiger partial charge in [-0.1, -0.05) is 13.8 Å². The summed E-state index contributed by atoms with van der Waals surface area (Å²) in [5.41, 5.74) is 1.03. The molecule has 10 heteroatoms. The number of aromatic amines is 3. The Morgan fingerprint density at radius 1 is 1.11 bits per heavy atom. The highest BCUT2D eigenvalue weighted by molar-refractivity contribution is 6.02. The average molecular weight is 380 g/mol. The Balaban J connectivity index is 0.00000102. The maximum Gasteiger partial charge on any atom is 0.303 e. The number of benzene rings is 1. The molecular formula is C17H16F4N6. The molecule has 0 aliphatic heterocycles. The largest absolute Gasteiger partial charge is 0.349 e. The topological polar surface area (TPSA) is 86.0 Å². The molecule has 4 rings (SSSR count). The van der Waals surface area contributed by atoms with Crippen molar-refractivity contribution in [2.75, 3.05) is 0 Å². The molecule has 0 amide bonds. The van der Waals surface area contributed by atoms with Gasteiger partial charge in [-0.05, 0) is 12.1 Å². The quantitative estimate of drug-likeness (QED) is 0.448. The molecule has 0 radical (unpaired) electrons. The first kappa shape index (κ1) is 18.6. The number of nitrogens with zero attached hydrogens (tertiary/aromatic N) is 3. The van der Waals surface area contributed by atoms with Gasteiger partial charge in [0.2, 0.25) is 0 Å². The fourth-order valence-corrected chi connectivity index (χ4v) is 2.63. The first-order valence-corrected chi connectivity index (χ1v) is 8.16. The minimum Gasteiger partial charge on any atom is -0.349 e. The van der Waals surface area contributed by atoms with E-state index in [1.165, 1.54) is 18.5 Å². The van der Waals surface area contributed by atoms with Gasteiger partial charge in [-0.2, -0.15) is 19.0 Å². The Morgan fingerprint density at radius 3 is 2.44 bits per heavy atom. The molecule has 3 heterocycles. The number of nitrogens with one attached hydrogen (secondary N) is 3. The minimum absolute atomic E-state index is 0.0938. The maximum atomic E-state index is 14.1. The second-order valence-electron chi connectivity index (χ2n) is 5.54. The third kappa shape index (κ3) is 3.18. The van der Waals surface area contributed by atoms with Crippen molar-refractivity contribution in [1.29, 1.82) is 0 Å². The molecule has 0 bridgehead atoms. The van der Waals surface area contributed by atoms with Crippen LogP contribution in [0.15, 0.2) is 24.5 Å². The van der Waals surface area contributed by atoms with Crippen molar-refractivity contribution in [1.82, 2.24) is 30.4 Å². The van der Waals surface area contributed by atoms with Gasteiger partial charge in [0.25, 0.3) is 0 Å². The Labute approximate surface area is 151 Å². The predicted octanol–water partition coefficient (Wildman–Crippen LogP) is 4.76. The van der Waals surface area contributed by atoms with Crippen LogP contribution >= 0.6 is 0 Å². The highest BCUT2D eigenvalue weighted by Crippen LogP contribution is 2.38. The van der Waals surface area contributed by atoms with Crippen molar-refractivity contribution < 1.29 is 17.6 Å². The third-order valence-corrected chi connectivity index (χ3v) is 3.78. The number of rotatable bonds is 3. The predicted molar refractivity (Wildman–Crippen MR) is 92.1 cm³/mol. The summed E-state index contributed by atoms with van der Waals surface area (Å²) in [6.07, 6.45) is 3.00. The molecule has 0 atom stereocenters. The van der Waals surface area contributed by atoms with Crippen LogP contribution in [0.4, 0.5) is 17.6 Å². The molecule has 1 aromatic carbocycles. The summed E-state index contributed by atoms with van der Waals surface area (Å²) in [7, 11) is 0. The van der Waals surface area contributed by atoms with Gasteiger partial charge in [-0.15, -0.1) is 0 Å². The van der Waals surface area contributed by atoms with E-state index in [-0.39, 0.29) is 17.0 Å². The van der Waals surface area contributed by atoms with Crippen molar-refractivity contribution >= 4 is 10.9 Å². The number of alkyl halides is 2. The van der Waals surface area contributed by atoms with Gasteiger partial charge in [0.1, 0.15) is 0 Å². The van der Waals surface area contributed by atoms with E-state index in [1.54, 1.807) is 0 Å². The fraction of sp³-hybridized carbons (Fsp3) is 0.235. The zero-order valence-corrected chi connectivity index (χ0v) is 14.7. The van der Waals surface area contributed by atoms with Gasteiger partial charge in [-0.3, -0.25) is 10.2 Å². The lowest BCUT2D eigenvalue weighted by molar-refractivity contribution is 0.00813. The molecule has 3 aromatic heterocycles. The fourth-order valence-electron chi connectivity index (χ4n) is 2.63. The van der Waals surface area contributed by atoms with E-state index in [0.717, 1.165) is 6.07 Å². The lowest BCUT2D eigenvalue weighted by Gasteiger charge is -2.03. The van der Waals surface area contributed by atoms with Crippen LogP contribution in [0.5, 0.6) is 0 Å². The summed E-state index contributed by atoms with van der Waals surface area (Å²) in [6.45, 7) is 4.68. The Kier molecular flexibility index (Phi) is 4.73. The summed E-state index contributed by atoms with van der Waals surface area (Å²) in [5, 5.41) is 12.7. The smallest absolute Gasteiger partial charge is 0.303 e. The molecule has 142 valence electrons. The summed E-state index contributed by atoms with van der Waals surface area (Å²) in [5.74, 6) is -6.06. The van der Waals surface area contributed by atoms with E-state index in [1.807, 2.05) is 13.8 Å². The van der Waals surface area contributed by atoms with Crippen molar-refractivity contribution in [2.24, 2.45) is 0 Å². The molecule has 0 unspecified atom stereocenters. The molecule has 0 spiro atoms. The monoisotopic (exact) mass is 380 g/mol. The highest BCUT2D eigenvalue weighted by atomic mass is 19.3. The number of fused-ring (bicyclic) bond motifs is 1. The second-order valence-corrected chi connectivity index (χ2v) is 5.54. The molecule has 0 aliphatic carbocycles. The van der Waals surface area contributed by atoms with Gasteiger partial charge in [0, 0.05) is 29.6 Å². The van der Waals surface area contributed by atoms with Gasteiger partial charge in [0.05, 0.1) is 17.4 Å². The van der Waals surface area contributed by atoms with Crippen LogP contribution in [0, 0.1) is 11.6 Å². The summed E-state index contributed by atoms with van der Waals surface area (Å²) in [4.78, 5) is 6.47. The van der Waals surface area contributed by atoms with Gasteiger partial charge in [0.15, 0.2) is 23.3 Å². The van der Waals surface area contributed by atoms with Crippen LogP contribution in [0.2, 0.25) is 0 Å². The van der Waals surface area contributed by atoms with Crippen molar-refractivity contribution in [3.63, 3.8) is 0 Å². The summed E-state index contributed by atoms with van der Waals surface area (Å²) < 4.78 is 54.5. The van der Waals surface area contributed by atoms with Crippen molar-refractivity contribution in [3.8, 4) is 22.6 Å². The lowest BCUT2D eigenvalue weighted by atomic mass is 10.0. The van der Waals surface area contributed by atoms with E-state index in [0.29, 0.717) is 23.4 Å². The number of hydrogen-bond acceptors (Lipinski definition) is 3. The molecule has 0 fully saturated rings. The number of hydrogen-bond donors (Lipinski definition) is 3. The Bertz CT molecular complexity index is 1060. The summed E-state index contributed by atoms with van der Waals surface area (Å²) in [6, 6.07) is 2.38. The molecule has 3 N–H and O–H groups in total. The third-order valence-electron chi connectivity index (χ3n) is 3.78. The van der Waals surface area contributed by atoms with Crippen LogP contribution in [0.1, 0.15) is 26.6 Å². The zero-order chi connectivity index (χ0) is 19.8. The zero-order valence-electron chi connectivity index (χ0n) is 14.7. The van der Waals surface area contributed by atoms with Crippen LogP contribution < -0.4 is 0 Å². The van der Waals surface area contributed by atoms with E-state index >= 15 is 0 Å². The molecule has 0 saturated heterocycles. The molecule has 6 nitrogen and oxygen atoms in total. The molecular weight excluding hydrogens is 364 g/mol. The van der Waals surface area contributed by atoms with Gasteiger partial charge >= 0.3 is 5.92 Å². The van der Waals surface area contributed by atoms with E-state index in [2.05, 4.69) is 30.4 Å².